The van der Waals surface area contributed by atoms with Crippen LogP contribution < -0.4 is 15.7 Å². The van der Waals surface area contributed by atoms with Crippen LogP contribution in [0.15, 0.2) is 114 Å². The molecule has 4 heterocycles. The number of anilines is 1. The van der Waals surface area contributed by atoms with Gasteiger partial charge in [0.25, 0.3) is 20.7 Å². The number of amides is 1. The second-order valence-electron chi connectivity index (χ2n) is 14.2. The van der Waals surface area contributed by atoms with E-state index in [0.29, 0.717) is 41.5 Å². The average Bonchev–Trinajstić information content (AvgIpc) is 3.96. The van der Waals surface area contributed by atoms with Crippen molar-refractivity contribution >= 4 is 35.9 Å². The number of ether oxygens (including phenoxy) is 1. The van der Waals surface area contributed by atoms with Crippen LogP contribution in [-0.2, 0) is 28.8 Å². The summed E-state index contributed by atoms with van der Waals surface area (Å²) in [4.78, 5) is 22.4. The number of nitrogens with zero attached hydrogens (tertiary/aromatic N) is 6. The largest absolute Gasteiger partial charge is 0.398 e. The van der Waals surface area contributed by atoms with Gasteiger partial charge in [0.05, 0.1) is 32.0 Å². The summed E-state index contributed by atoms with van der Waals surface area (Å²) in [6, 6.07) is 28.3. The number of aryl methyl sites for hydroxylation is 1. The van der Waals surface area contributed by atoms with Crippen molar-refractivity contribution in [2.75, 3.05) is 5.32 Å². The molecule has 0 aliphatic rings. The molecule has 15 heteroatoms. The second kappa shape index (κ2) is 15.8. The van der Waals surface area contributed by atoms with Crippen molar-refractivity contribution in [1.29, 1.82) is 0 Å². The van der Waals surface area contributed by atoms with Gasteiger partial charge in [-0.15, -0.1) is 0 Å². The van der Waals surface area contributed by atoms with Crippen LogP contribution in [0.3, 0.4) is 0 Å². The summed E-state index contributed by atoms with van der Waals surface area (Å²) in [5.74, 6) is -0.174. The van der Waals surface area contributed by atoms with E-state index < -0.39 is 25.9 Å². The minimum absolute atomic E-state index is 0.0121. The first kappa shape index (κ1) is 37.4. The molecule has 7 aromatic rings. The highest BCUT2D eigenvalue weighted by Crippen LogP contribution is 2.38. The van der Waals surface area contributed by atoms with Crippen molar-refractivity contribution in [3.05, 3.63) is 138 Å². The van der Waals surface area contributed by atoms with Gasteiger partial charge in [0.2, 0.25) is 11.7 Å². The third-order valence-corrected chi connectivity index (χ3v) is 14.5. The molecule has 1 amide bonds. The van der Waals surface area contributed by atoms with Gasteiger partial charge in [0, 0.05) is 17.4 Å². The molecule has 282 valence electrons. The highest BCUT2D eigenvalue weighted by atomic mass is 28.4. The first-order chi connectivity index (χ1) is 26.5. The smallest absolute Gasteiger partial charge is 0.274 e. The van der Waals surface area contributed by atoms with E-state index in [2.05, 4.69) is 35.9 Å². The van der Waals surface area contributed by atoms with Crippen LogP contribution in [-0.4, -0.2) is 61.7 Å². The third kappa shape index (κ3) is 7.99. The summed E-state index contributed by atoms with van der Waals surface area (Å²) in [6.45, 7) is 8.60. The Kier molecular flexibility index (Phi) is 10.8. The number of halogens is 2. The Morgan fingerprint density at radius 2 is 1.69 bits per heavy atom. The number of alkyl halides is 2. The molecule has 12 nitrogen and oxygen atoms in total. The Bertz CT molecular complexity index is 2320. The molecule has 0 aliphatic carbocycles. The molecule has 4 aromatic heterocycles. The average molecular weight is 763 g/mol. The molecule has 3 aromatic carbocycles. The molecule has 0 bridgehead atoms. The number of carbonyl (C=O) groups excluding carboxylic acids is 1. The van der Waals surface area contributed by atoms with E-state index in [0.717, 1.165) is 21.5 Å². The summed E-state index contributed by atoms with van der Waals surface area (Å²) >= 11 is 0. The van der Waals surface area contributed by atoms with Gasteiger partial charge < -0.3 is 19.0 Å². The van der Waals surface area contributed by atoms with Gasteiger partial charge in [-0.05, 0) is 51.7 Å². The molecule has 0 fully saturated rings. The predicted molar refractivity (Wildman–Crippen MR) is 205 cm³/mol. The van der Waals surface area contributed by atoms with Gasteiger partial charge >= 0.3 is 0 Å². The van der Waals surface area contributed by atoms with Crippen LogP contribution in [0.25, 0.3) is 17.0 Å². The van der Waals surface area contributed by atoms with Crippen LogP contribution in [0.5, 0.6) is 0 Å². The van der Waals surface area contributed by atoms with E-state index in [4.69, 9.17) is 13.7 Å². The second-order valence-corrected chi connectivity index (χ2v) is 18.5. The fourth-order valence-electron chi connectivity index (χ4n) is 6.66. The molecular formula is C40H40F2N8O4Si. The van der Waals surface area contributed by atoms with Gasteiger partial charge in [-0.1, -0.05) is 98.7 Å². The number of imidazole rings is 1. The molecule has 2 N–H and O–H groups in total. The van der Waals surface area contributed by atoms with Crippen molar-refractivity contribution < 1.29 is 27.3 Å². The Morgan fingerprint density at radius 3 is 2.35 bits per heavy atom. The zero-order valence-electron chi connectivity index (χ0n) is 30.7. The lowest BCUT2D eigenvalue weighted by Gasteiger charge is -2.44. The molecule has 0 saturated carbocycles. The van der Waals surface area contributed by atoms with Crippen molar-refractivity contribution in [2.24, 2.45) is 0 Å². The number of rotatable bonds is 14. The molecule has 1 atom stereocenters. The van der Waals surface area contributed by atoms with E-state index in [1.54, 1.807) is 28.9 Å². The minimum atomic E-state index is -3.30. The number of H-pyrrole nitrogens is 1. The fourth-order valence-corrected chi connectivity index (χ4v) is 11.3. The zero-order valence-corrected chi connectivity index (χ0v) is 31.7. The number of fused-ring (bicyclic) bond motifs is 1. The number of aromatic amines is 1. The van der Waals surface area contributed by atoms with Crippen molar-refractivity contribution in [2.45, 2.75) is 64.9 Å². The van der Waals surface area contributed by atoms with E-state index in [1.165, 1.54) is 6.20 Å². The fraction of sp³-hybridized carbons (Fsp3) is 0.250. The van der Waals surface area contributed by atoms with Crippen molar-refractivity contribution in [1.82, 2.24) is 34.9 Å². The molecule has 55 heavy (non-hydrogen) atoms. The van der Waals surface area contributed by atoms with Crippen LogP contribution in [0, 0.1) is 6.92 Å². The molecule has 0 spiro atoms. The predicted octanol–water partition coefficient (Wildman–Crippen LogP) is 6.53. The van der Waals surface area contributed by atoms with E-state index >= 15 is 0 Å². The van der Waals surface area contributed by atoms with Crippen LogP contribution in [0.2, 0.25) is 5.04 Å². The summed E-state index contributed by atoms with van der Waals surface area (Å²) in [6.07, 6.45) is 0.209. The quantitative estimate of drug-likeness (QED) is 0.118. The van der Waals surface area contributed by atoms with Gasteiger partial charge in [0.15, 0.2) is 0 Å². The number of hydrogen-bond donors (Lipinski definition) is 2. The number of nitrogens with one attached hydrogen (secondary N) is 2. The summed E-state index contributed by atoms with van der Waals surface area (Å²) in [5, 5.41) is 18.6. The third-order valence-electron chi connectivity index (χ3n) is 9.41. The van der Waals surface area contributed by atoms with Crippen LogP contribution >= 0.6 is 0 Å². The van der Waals surface area contributed by atoms with Gasteiger partial charge in [-0.2, -0.15) is 20.4 Å². The lowest BCUT2D eigenvalue weighted by Crippen LogP contribution is -2.68. The first-order valence-electron chi connectivity index (χ1n) is 17.7. The minimum Gasteiger partial charge on any atom is -0.398 e. The normalized spacial score (nSPS) is 12.7. The standard InChI is InChI=1S/C40H40F2N8O4Si/c1-26-15-16-28(20-32(26)45-39(51)33-23-43-35-19-27(17-18-50(33)35)24-52-25-29-22-44-49-47-29)38-46-36(53-48-38)21-34(37(41)42)54-55(40(2,3)4,30-11-7-5-8-12-30)31-13-9-6-10-14-31/h5-20,22-23,34,37H,21,24-25H2,1-4H3,(H,45,51)(H,44,47,49)/t34-/m0/s1. The molecule has 7 rings (SSSR count). The van der Waals surface area contributed by atoms with E-state index in [1.807, 2.05) is 107 Å². The van der Waals surface area contributed by atoms with Gasteiger partial charge in [0.1, 0.15) is 23.1 Å². The van der Waals surface area contributed by atoms with E-state index in [9.17, 15) is 13.6 Å². The number of benzene rings is 3. The Hall–Kier alpha value is -5.90. The summed E-state index contributed by atoms with van der Waals surface area (Å²) in [5.41, 5.74) is 4.32. The highest BCUT2D eigenvalue weighted by Gasteiger charge is 2.52. The van der Waals surface area contributed by atoms with E-state index in [-0.39, 0.29) is 24.0 Å². The first-order valence-corrected chi connectivity index (χ1v) is 19.6. The van der Waals surface area contributed by atoms with Crippen LogP contribution in [0.1, 0.15) is 54.0 Å². The molecule has 0 saturated heterocycles. The maximum absolute atomic E-state index is 15.0. The molecular weight excluding hydrogens is 723 g/mol. The van der Waals surface area contributed by atoms with Gasteiger partial charge in [-0.3, -0.25) is 9.20 Å². The Morgan fingerprint density at radius 1 is 0.964 bits per heavy atom. The SMILES string of the molecule is Cc1ccc(-c2noc(C[C@H](O[Si](c3ccccc3)(c3ccccc3)C(C)(C)C)C(F)F)n2)cc1NC(=O)c1cnc2cc(COCc3cn[nH]n3)ccn12. The summed E-state index contributed by atoms with van der Waals surface area (Å²) in [7, 11) is -3.30. The monoisotopic (exact) mass is 762 g/mol. The molecule has 0 unspecified atom stereocenters. The lowest BCUT2D eigenvalue weighted by molar-refractivity contribution is 0.00243. The lowest BCUT2D eigenvalue weighted by atomic mass is 10.1. The Labute approximate surface area is 317 Å². The Balaban J connectivity index is 1.08. The maximum atomic E-state index is 15.0. The number of pyridine rings is 1. The van der Waals surface area contributed by atoms with Gasteiger partial charge in [-0.25, -0.2) is 13.8 Å². The van der Waals surface area contributed by atoms with Crippen molar-refractivity contribution in [3.8, 4) is 11.4 Å². The number of hydrogen-bond acceptors (Lipinski definition) is 9. The molecule has 0 aliphatic heterocycles. The zero-order chi connectivity index (χ0) is 38.6. The highest BCUT2D eigenvalue weighted by molar-refractivity contribution is 6.99. The maximum Gasteiger partial charge on any atom is 0.274 e. The number of aromatic nitrogens is 7. The molecule has 0 radical (unpaired) electrons. The summed E-state index contributed by atoms with van der Waals surface area (Å²) < 4.78 is 49.6. The topological polar surface area (TPSA) is 145 Å². The van der Waals surface area contributed by atoms with Crippen LogP contribution in [0.4, 0.5) is 14.5 Å². The number of carbonyl (C=O) groups is 1. The van der Waals surface area contributed by atoms with Crippen molar-refractivity contribution in [3.63, 3.8) is 0 Å².